The molecule has 24 heavy (non-hydrogen) atoms. The fraction of sp³-hybridized carbons (Fsp3) is 0.278. The van der Waals surface area contributed by atoms with E-state index in [0.29, 0.717) is 0 Å². The van der Waals surface area contributed by atoms with Crippen LogP contribution in [0.2, 0.25) is 0 Å². The van der Waals surface area contributed by atoms with E-state index in [1.54, 1.807) is 24.3 Å². The Labute approximate surface area is 142 Å². The number of carbonyl (C=O) groups is 1. The lowest BCUT2D eigenvalue weighted by Gasteiger charge is -2.24. The van der Waals surface area contributed by atoms with Gasteiger partial charge in [0.1, 0.15) is 0 Å². The third-order valence-corrected chi connectivity index (χ3v) is 5.59. The normalized spacial score (nSPS) is 13.0. The molecule has 1 atom stereocenters. The summed E-state index contributed by atoms with van der Waals surface area (Å²) in [7, 11) is -3.77. The maximum absolute atomic E-state index is 12.9. The van der Waals surface area contributed by atoms with Crippen LogP contribution in [-0.2, 0) is 21.4 Å². The van der Waals surface area contributed by atoms with Crippen molar-refractivity contribution in [2.45, 2.75) is 25.3 Å². The highest BCUT2D eigenvalue weighted by Gasteiger charge is 2.28. The molecule has 0 aliphatic heterocycles. The van der Waals surface area contributed by atoms with Gasteiger partial charge in [0.05, 0.1) is 10.8 Å². The molecule has 0 saturated carbocycles. The van der Waals surface area contributed by atoms with Gasteiger partial charge in [0.15, 0.2) is 0 Å². The predicted molar refractivity (Wildman–Crippen MR) is 92.0 cm³/mol. The van der Waals surface area contributed by atoms with Gasteiger partial charge in [-0.25, -0.2) is 8.42 Å². The summed E-state index contributed by atoms with van der Waals surface area (Å²) in [6, 6.07) is 15.7. The summed E-state index contributed by atoms with van der Waals surface area (Å²) in [4.78, 5) is 11.3. The Kier molecular flexibility index (Phi) is 5.75. The molecule has 2 rings (SSSR count). The largest absolute Gasteiger partial charge is 0.481 e. The third-order valence-electron chi connectivity index (χ3n) is 3.76. The van der Waals surface area contributed by atoms with Gasteiger partial charge in [-0.3, -0.25) is 4.79 Å². The minimum Gasteiger partial charge on any atom is -0.481 e. The van der Waals surface area contributed by atoms with E-state index < -0.39 is 21.9 Å². The Bertz CT molecular complexity index is 786. The SMILES string of the molecule is Cc1ccc(S(=O)(=O)N(Cc2ccccc2)C[C@H](C)C(=O)O)cc1. The molecule has 0 fully saturated rings. The highest BCUT2D eigenvalue weighted by atomic mass is 32.2. The highest BCUT2D eigenvalue weighted by Crippen LogP contribution is 2.20. The first-order valence-electron chi connectivity index (χ1n) is 7.64. The fourth-order valence-electron chi connectivity index (χ4n) is 2.28. The van der Waals surface area contributed by atoms with Gasteiger partial charge in [-0.1, -0.05) is 55.0 Å². The van der Waals surface area contributed by atoms with Crippen LogP contribution in [0, 0.1) is 12.8 Å². The maximum Gasteiger partial charge on any atom is 0.307 e. The topological polar surface area (TPSA) is 74.7 Å². The van der Waals surface area contributed by atoms with Crippen LogP contribution < -0.4 is 0 Å². The first-order valence-corrected chi connectivity index (χ1v) is 9.08. The lowest BCUT2D eigenvalue weighted by atomic mass is 10.1. The molecule has 0 bridgehead atoms. The number of aryl methyl sites for hydroxylation is 1. The van der Waals surface area contributed by atoms with E-state index in [1.165, 1.54) is 11.2 Å². The molecule has 5 nitrogen and oxygen atoms in total. The third kappa shape index (κ3) is 4.43. The summed E-state index contributed by atoms with van der Waals surface area (Å²) in [5.41, 5.74) is 1.77. The molecule has 0 spiro atoms. The Morgan fingerprint density at radius 1 is 1.08 bits per heavy atom. The van der Waals surface area contributed by atoms with Crippen LogP contribution in [0.15, 0.2) is 59.5 Å². The molecule has 0 saturated heterocycles. The predicted octanol–water partition coefficient (Wildman–Crippen LogP) is 2.91. The number of rotatable bonds is 7. The van der Waals surface area contributed by atoms with Crippen LogP contribution in [0.25, 0.3) is 0 Å². The van der Waals surface area contributed by atoms with Crippen LogP contribution in [0.3, 0.4) is 0 Å². The van der Waals surface area contributed by atoms with Gasteiger partial charge >= 0.3 is 5.97 Å². The monoisotopic (exact) mass is 347 g/mol. The van der Waals surface area contributed by atoms with Gasteiger partial charge < -0.3 is 5.11 Å². The fourth-order valence-corrected chi connectivity index (χ4v) is 3.79. The first-order chi connectivity index (χ1) is 11.3. The van der Waals surface area contributed by atoms with Gasteiger partial charge in [-0.15, -0.1) is 0 Å². The van der Waals surface area contributed by atoms with E-state index in [-0.39, 0.29) is 18.0 Å². The van der Waals surface area contributed by atoms with E-state index in [2.05, 4.69) is 0 Å². The second kappa shape index (κ2) is 7.59. The Hall–Kier alpha value is -2.18. The average molecular weight is 347 g/mol. The van der Waals surface area contributed by atoms with Crippen molar-refractivity contribution in [3.63, 3.8) is 0 Å². The molecule has 0 aliphatic carbocycles. The van der Waals surface area contributed by atoms with Gasteiger partial charge in [0.2, 0.25) is 10.0 Å². The smallest absolute Gasteiger partial charge is 0.307 e. The second-order valence-electron chi connectivity index (χ2n) is 5.84. The van der Waals surface area contributed by atoms with Crippen molar-refractivity contribution in [2.75, 3.05) is 6.54 Å². The number of sulfonamides is 1. The van der Waals surface area contributed by atoms with E-state index in [9.17, 15) is 13.2 Å². The molecular weight excluding hydrogens is 326 g/mol. The number of carboxylic acid groups (broad SMARTS) is 1. The van der Waals surface area contributed by atoms with Crippen LogP contribution in [0.5, 0.6) is 0 Å². The minimum absolute atomic E-state index is 0.0829. The van der Waals surface area contributed by atoms with Crippen LogP contribution in [0.1, 0.15) is 18.1 Å². The lowest BCUT2D eigenvalue weighted by molar-refractivity contribution is -0.141. The van der Waals surface area contributed by atoms with E-state index in [1.807, 2.05) is 37.3 Å². The summed E-state index contributed by atoms with van der Waals surface area (Å²) in [5, 5.41) is 9.15. The molecule has 2 aromatic rings. The zero-order valence-corrected chi connectivity index (χ0v) is 14.5. The Morgan fingerprint density at radius 3 is 2.21 bits per heavy atom. The summed E-state index contributed by atoms with van der Waals surface area (Å²) in [6.45, 7) is 3.44. The van der Waals surface area contributed by atoms with Crippen LogP contribution in [-0.4, -0.2) is 30.3 Å². The summed E-state index contributed by atoms with van der Waals surface area (Å²) in [5.74, 6) is -1.82. The molecule has 0 amide bonds. The zero-order chi connectivity index (χ0) is 17.7. The number of carboxylic acids is 1. The molecular formula is C18H21NO4S. The molecule has 128 valence electrons. The van der Waals surface area contributed by atoms with Crippen LogP contribution in [0.4, 0.5) is 0 Å². The molecule has 0 aromatic heterocycles. The van der Waals surface area contributed by atoms with Gasteiger partial charge in [-0.05, 0) is 24.6 Å². The quantitative estimate of drug-likeness (QED) is 0.836. The molecule has 6 heteroatoms. The van der Waals surface area contributed by atoms with Crippen molar-refractivity contribution in [2.24, 2.45) is 5.92 Å². The highest BCUT2D eigenvalue weighted by molar-refractivity contribution is 7.89. The van der Waals surface area contributed by atoms with Crippen molar-refractivity contribution in [1.82, 2.24) is 4.31 Å². The van der Waals surface area contributed by atoms with Crippen molar-refractivity contribution >= 4 is 16.0 Å². The number of aliphatic carboxylic acids is 1. The lowest BCUT2D eigenvalue weighted by Crippen LogP contribution is -2.36. The molecule has 0 aliphatic rings. The van der Waals surface area contributed by atoms with Crippen molar-refractivity contribution in [3.05, 3.63) is 65.7 Å². The summed E-state index contributed by atoms with van der Waals surface area (Å²) >= 11 is 0. The first kappa shape index (κ1) is 18.2. The van der Waals surface area contributed by atoms with Gasteiger partial charge in [0, 0.05) is 13.1 Å². The van der Waals surface area contributed by atoms with Crippen molar-refractivity contribution < 1.29 is 18.3 Å². The second-order valence-corrected chi connectivity index (χ2v) is 7.77. The number of benzene rings is 2. The zero-order valence-electron chi connectivity index (χ0n) is 13.7. The molecule has 2 aromatic carbocycles. The summed E-state index contributed by atoms with van der Waals surface area (Å²) < 4.78 is 27.1. The number of hydrogen-bond acceptors (Lipinski definition) is 3. The Morgan fingerprint density at radius 2 is 1.67 bits per heavy atom. The van der Waals surface area contributed by atoms with E-state index >= 15 is 0 Å². The molecule has 0 radical (unpaired) electrons. The van der Waals surface area contributed by atoms with Gasteiger partial charge in [-0.2, -0.15) is 4.31 Å². The number of hydrogen-bond donors (Lipinski definition) is 1. The standard InChI is InChI=1S/C18H21NO4S/c1-14-8-10-17(11-9-14)24(22,23)19(12-15(2)18(20)21)13-16-6-4-3-5-7-16/h3-11,15H,12-13H2,1-2H3,(H,20,21)/t15-/m0/s1. The van der Waals surface area contributed by atoms with Crippen molar-refractivity contribution in [3.8, 4) is 0 Å². The minimum atomic E-state index is -3.77. The molecule has 0 unspecified atom stereocenters. The van der Waals surface area contributed by atoms with E-state index in [0.717, 1.165) is 11.1 Å². The summed E-state index contributed by atoms with van der Waals surface area (Å²) in [6.07, 6.45) is 0. The van der Waals surface area contributed by atoms with Crippen LogP contribution >= 0.6 is 0 Å². The van der Waals surface area contributed by atoms with Gasteiger partial charge in [0.25, 0.3) is 0 Å². The van der Waals surface area contributed by atoms with Crippen molar-refractivity contribution in [1.29, 1.82) is 0 Å². The maximum atomic E-state index is 12.9. The molecule has 0 heterocycles. The Balaban J connectivity index is 2.36. The molecule has 1 N–H and O–H groups in total. The number of nitrogens with zero attached hydrogens (tertiary/aromatic N) is 1. The van der Waals surface area contributed by atoms with E-state index in [4.69, 9.17) is 5.11 Å². The average Bonchev–Trinajstić information content (AvgIpc) is 2.55.